The normalized spacial score (nSPS) is 10.8. The van der Waals surface area contributed by atoms with Crippen molar-refractivity contribution in [2.75, 3.05) is 0 Å². The molecule has 0 saturated carbocycles. The summed E-state index contributed by atoms with van der Waals surface area (Å²) < 4.78 is 2.09. The number of para-hydroxylation sites is 2. The zero-order valence-corrected chi connectivity index (χ0v) is 11.1. The number of rotatable bonds is 3. The molecule has 1 heterocycles. The first-order valence-electron chi connectivity index (χ1n) is 6.49. The van der Waals surface area contributed by atoms with Gasteiger partial charge in [-0.25, -0.2) is 9.78 Å². The van der Waals surface area contributed by atoms with Crippen molar-refractivity contribution in [2.45, 2.75) is 13.5 Å². The van der Waals surface area contributed by atoms with E-state index in [4.69, 9.17) is 5.11 Å². The van der Waals surface area contributed by atoms with Gasteiger partial charge in [0.25, 0.3) is 0 Å². The lowest BCUT2D eigenvalue weighted by Crippen LogP contribution is -2.00. The molecule has 0 atom stereocenters. The molecule has 0 aliphatic rings. The quantitative estimate of drug-likeness (QED) is 0.790. The zero-order valence-electron chi connectivity index (χ0n) is 11.1. The number of nitrogens with zero attached hydrogens (tertiary/aromatic N) is 2. The highest BCUT2D eigenvalue weighted by molar-refractivity contribution is 5.89. The average molecular weight is 266 g/mol. The molecule has 2 aromatic carbocycles. The Kier molecular flexibility index (Phi) is 2.99. The van der Waals surface area contributed by atoms with Crippen molar-refractivity contribution in [1.82, 2.24) is 9.55 Å². The molecule has 3 aromatic rings. The van der Waals surface area contributed by atoms with E-state index in [0.29, 0.717) is 0 Å². The summed E-state index contributed by atoms with van der Waals surface area (Å²) in [5.41, 5.74) is 3.08. The van der Waals surface area contributed by atoms with E-state index in [0.717, 1.165) is 29.0 Å². The molecule has 0 amide bonds. The lowest BCUT2D eigenvalue weighted by atomic mass is 10.1. The van der Waals surface area contributed by atoms with Crippen LogP contribution in [0.2, 0.25) is 0 Å². The number of hydrogen-bond acceptors (Lipinski definition) is 2. The van der Waals surface area contributed by atoms with Crippen LogP contribution in [0.1, 0.15) is 17.3 Å². The Bertz CT molecular complexity index is 790. The highest BCUT2D eigenvalue weighted by atomic mass is 16.4. The maximum Gasteiger partial charge on any atom is 0.335 e. The van der Waals surface area contributed by atoms with Crippen LogP contribution in [0.15, 0.2) is 48.5 Å². The molecule has 100 valence electrons. The smallest absolute Gasteiger partial charge is 0.335 e. The standard InChI is InChI=1S/C16H14N2O2/c1-2-18-14-9-4-3-8-13(14)17-15(18)11-6-5-7-12(10-11)16(19)20/h3-10H,2H2,1H3,(H,19,20). The van der Waals surface area contributed by atoms with Crippen molar-refractivity contribution in [3.63, 3.8) is 0 Å². The van der Waals surface area contributed by atoms with Crippen molar-refractivity contribution in [3.8, 4) is 11.4 Å². The summed E-state index contributed by atoms with van der Waals surface area (Å²) in [6, 6.07) is 14.8. The van der Waals surface area contributed by atoms with Crippen molar-refractivity contribution in [1.29, 1.82) is 0 Å². The van der Waals surface area contributed by atoms with Gasteiger partial charge in [0.05, 0.1) is 16.6 Å². The molecule has 0 saturated heterocycles. The molecule has 0 spiro atoms. The topological polar surface area (TPSA) is 55.1 Å². The predicted molar refractivity (Wildman–Crippen MR) is 77.8 cm³/mol. The Labute approximate surface area is 116 Å². The van der Waals surface area contributed by atoms with E-state index in [1.165, 1.54) is 0 Å². The van der Waals surface area contributed by atoms with Crippen molar-refractivity contribution in [3.05, 3.63) is 54.1 Å². The summed E-state index contributed by atoms with van der Waals surface area (Å²) in [5.74, 6) is -0.122. The zero-order chi connectivity index (χ0) is 14.1. The number of carboxylic acids is 1. The number of benzene rings is 2. The molecule has 3 rings (SSSR count). The third-order valence-corrected chi connectivity index (χ3v) is 3.34. The number of aryl methyl sites for hydroxylation is 1. The second-order valence-corrected chi connectivity index (χ2v) is 4.55. The SMILES string of the molecule is CCn1c(-c2cccc(C(=O)O)c2)nc2ccccc21. The van der Waals surface area contributed by atoms with E-state index < -0.39 is 5.97 Å². The van der Waals surface area contributed by atoms with Gasteiger partial charge in [-0.1, -0.05) is 24.3 Å². The van der Waals surface area contributed by atoms with Crippen LogP contribution in [0.3, 0.4) is 0 Å². The van der Waals surface area contributed by atoms with Crippen LogP contribution < -0.4 is 0 Å². The number of carboxylic acid groups (broad SMARTS) is 1. The molecule has 0 bridgehead atoms. The van der Waals surface area contributed by atoms with Crippen LogP contribution in [0.4, 0.5) is 0 Å². The number of aromatic carboxylic acids is 1. The Balaban J connectivity index is 2.23. The fourth-order valence-corrected chi connectivity index (χ4v) is 2.41. The molecule has 0 aliphatic carbocycles. The number of hydrogen-bond donors (Lipinski definition) is 1. The Morgan fingerprint density at radius 2 is 2.00 bits per heavy atom. The molecule has 0 fully saturated rings. The number of carbonyl (C=O) groups is 1. The average Bonchev–Trinajstić information content (AvgIpc) is 2.86. The highest BCUT2D eigenvalue weighted by Crippen LogP contribution is 2.25. The van der Waals surface area contributed by atoms with Crippen LogP contribution in [0.5, 0.6) is 0 Å². The van der Waals surface area contributed by atoms with E-state index >= 15 is 0 Å². The van der Waals surface area contributed by atoms with Gasteiger partial charge >= 0.3 is 5.97 Å². The second kappa shape index (κ2) is 4.81. The number of imidazole rings is 1. The summed E-state index contributed by atoms with van der Waals surface area (Å²) in [6.45, 7) is 2.84. The van der Waals surface area contributed by atoms with Crippen LogP contribution in [0, 0.1) is 0 Å². The largest absolute Gasteiger partial charge is 0.478 e. The second-order valence-electron chi connectivity index (χ2n) is 4.55. The van der Waals surface area contributed by atoms with Gasteiger partial charge in [0, 0.05) is 12.1 Å². The van der Waals surface area contributed by atoms with E-state index in [9.17, 15) is 4.79 Å². The first-order chi connectivity index (χ1) is 9.70. The lowest BCUT2D eigenvalue weighted by Gasteiger charge is -2.06. The Morgan fingerprint density at radius 1 is 1.20 bits per heavy atom. The molecule has 20 heavy (non-hydrogen) atoms. The molecular weight excluding hydrogens is 252 g/mol. The van der Waals surface area contributed by atoms with Gasteiger partial charge in [-0.15, -0.1) is 0 Å². The van der Waals surface area contributed by atoms with Crippen LogP contribution in [-0.4, -0.2) is 20.6 Å². The van der Waals surface area contributed by atoms with Gasteiger partial charge in [-0.05, 0) is 31.2 Å². The minimum Gasteiger partial charge on any atom is -0.478 e. The first-order valence-corrected chi connectivity index (χ1v) is 6.49. The van der Waals surface area contributed by atoms with Crippen molar-refractivity contribution >= 4 is 17.0 Å². The Morgan fingerprint density at radius 3 is 2.75 bits per heavy atom. The van der Waals surface area contributed by atoms with Crippen molar-refractivity contribution in [2.24, 2.45) is 0 Å². The first kappa shape index (κ1) is 12.4. The molecule has 4 heteroatoms. The Hall–Kier alpha value is -2.62. The summed E-state index contributed by atoms with van der Waals surface area (Å²) >= 11 is 0. The molecule has 0 radical (unpaired) electrons. The number of aromatic nitrogens is 2. The third kappa shape index (κ3) is 1.95. The third-order valence-electron chi connectivity index (χ3n) is 3.34. The van der Waals surface area contributed by atoms with Gasteiger partial charge in [0.2, 0.25) is 0 Å². The van der Waals surface area contributed by atoms with E-state index in [1.807, 2.05) is 30.3 Å². The summed E-state index contributed by atoms with van der Waals surface area (Å²) in [6.07, 6.45) is 0. The van der Waals surface area contributed by atoms with Gasteiger partial charge in [-0.2, -0.15) is 0 Å². The summed E-state index contributed by atoms with van der Waals surface area (Å²) in [7, 11) is 0. The minimum atomic E-state index is -0.925. The number of fused-ring (bicyclic) bond motifs is 1. The molecule has 0 unspecified atom stereocenters. The summed E-state index contributed by atoms with van der Waals surface area (Å²) in [5, 5.41) is 9.10. The van der Waals surface area contributed by atoms with Crippen molar-refractivity contribution < 1.29 is 9.90 Å². The summed E-state index contributed by atoms with van der Waals surface area (Å²) in [4.78, 5) is 15.7. The van der Waals surface area contributed by atoms with Crippen LogP contribution >= 0.6 is 0 Å². The van der Waals surface area contributed by atoms with Crippen LogP contribution in [-0.2, 0) is 6.54 Å². The van der Waals surface area contributed by atoms with Crippen LogP contribution in [0.25, 0.3) is 22.4 Å². The molecule has 1 aromatic heterocycles. The predicted octanol–water partition coefficient (Wildman–Crippen LogP) is 3.42. The highest BCUT2D eigenvalue weighted by Gasteiger charge is 2.12. The maximum atomic E-state index is 11.1. The van der Waals surface area contributed by atoms with Gasteiger partial charge in [-0.3, -0.25) is 0 Å². The van der Waals surface area contributed by atoms with Gasteiger partial charge < -0.3 is 9.67 Å². The monoisotopic (exact) mass is 266 g/mol. The lowest BCUT2D eigenvalue weighted by molar-refractivity contribution is 0.0697. The van der Waals surface area contributed by atoms with E-state index in [2.05, 4.69) is 16.5 Å². The molecule has 0 aliphatic heterocycles. The molecule has 4 nitrogen and oxygen atoms in total. The maximum absolute atomic E-state index is 11.1. The minimum absolute atomic E-state index is 0.275. The van der Waals surface area contributed by atoms with Gasteiger partial charge in [0.1, 0.15) is 5.82 Å². The fraction of sp³-hybridized carbons (Fsp3) is 0.125. The van der Waals surface area contributed by atoms with E-state index in [-0.39, 0.29) is 5.56 Å². The van der Waals surface area contributed by atoms with E-state index in [1.54, 1.807) is 18.2 Å². The van der Waals surface area contributed by atoms with Gasteiger partial charge in [0.15, 0.2) is 0 Å². The fourth-order valence-electron chi connectivity index (χ4n) is 2.41. The molecule has 1 N–H and O–H groups in total. The molecular formula is C16H14N2O2.